The van der Waals surface area contributed by atoms with E-state index in [1.54, 1.807) is 0 Å². The minimum atomic E-state index is -0.687. The number of rotatable bonds is 5. The Balaban J connectivity index is 2.65. The summed E-state index contributed by atoms with van der Waals surface area (Å²) in [6.07, 6.45) is 1.81. The van der Waals surface area contributed by atoms with Crippen LogP contribution in [0.15, 0.2) is 0 Å². The lowest BCUT2D eigenvalue weighted by Gasteiger charge is -2.41. The maximum Gasteiger partial charge on any atom is 0.235 e. The molecule has 110 valence electrons. The average Bonchev–Trinajstić information content (AvgIpc) is 2.44. The predicted molar refractivity (Wildman–Crippen MR) is 83.1 cm³/mol. The van der Waals surface area contributed by atoms with Crippen LogP contribution in [0, 0.1) is 5.41 Å². The second kappa shape index (κ2) is 6.66. The van der Waals surface area contributed by atoms with E-state index < -0.39 is 5.41 Å². The molecule has 1 saturated heterocycles. The van der Waals surface area contributed by atoms with Crippen LogP contribution in [0.2, 0.25) is 0 Å². The number of hydrogen-bond donors (Lipinski definition) is 1. The molecule has 1 aliphatic rings. The van der Waals surface area contributed by atoms with E-state index in [0.29, 0.717) is 17.5 Å². The summed E-state index contributed by atoms with van der Waals surface area (Å²) in [5, 5.41) is 0. The van der Waals surface area contributed by atoms with Crippen molar-refractivity contribution in [2.75, 3.05) is 26.2 Å². The molecule has 2 unspecified atom stereocenters. The molecule has 0 spiro atoms. The normalized spacial score (nSPS) is 21.8. The second-order valence-electron chi connectivity index (χ2n) is 5.64. The number of nitrogens with two attached hydrogens (primary N) is 1. The fraction of sp³-hybridized carbons (Fsp3) is 0.857. The molecule has 0 bridgehead atoms. The summed E-state index contributed by atoms with van der Waals surface area (Å²) in [5.74, 6) is 0.0892. The molecule has 0 aromatic heterocycles. The highest BCUT2D eigenvalue weighted by Crippen LogP contribution is 2.25. The monoisotopic (exact) mass is 285 g/mol. The van der Waals surface area contributed by atoms with Crippen LogP contribution in [0.5, 0.6) is 0 Å². The van der Waals surface area contributed by atoms with Crippen LogP contribution in [0.25, 0.3) is 0 Å². The van der Waals surface area contributed by atoms with Crippen LogP contribution in [0.4, 0.5) is 0 Å². The fourth-order valence-electron chi connectivity index (χ4n) is 2.40. The van der Waals surface area contributed by atoms with Crippen molar-refractivity contribution in [2.24, 2.45) is 11.1 Å². The van der Waals surface area contributed by atoms with Crippen LogP contribution in [0.3, 0.4) is 0 Å². The van der Waals surface area contributed by atoms with Crippen LogP contribution in [-0.4, -0.2) is 52.9 Å². The highest BCUT2D eigenvalue weighted by Gasteiger charge is 2.39. The standard InChI is InChI=1S/C14H27N3OS/c1-5-11(3)16-7-9-17(10-8-16)13(18)14(4,6-2)12(15)19/h11H,5-10H2,1-4H3,(H2,15,19). The van der Waals surface area contributed by atoms with Crippen LogP contribution in [0.1, 0.15) is 40.5 Å². The Bertz CT molecular complexity index is 340. The molecule has 1 amide bonds. The third kappa shape index (κ3) is 3.45. The molecule has 4 nitrogen and oxygen atoms in total. The summed E-state index contributed by atoms with van der Waals surface area (Å²) in [4.78, 5) is 17.2. The lowest BCUT2D eigenvalue weighted by molar-refractivity contribution is -0.139. The Kier molecular flexibility index (Phi) is 5.74. The van der Waals surface area contributed by atoms with Crippen molar-refractivity contribution in [3.63, 3.8) is 0 Å². The molecular formula is C14H27N3OS. The van der Waals surface area contributed by atoms with Gasteiger partial charge in [0, 0.05) is 32.2 Å². The molecule has 0 radical (unpaired) electrons. The quantitative estimate of drug-likeness (QED) is 0.780. The minimum Gasteiger partial charge on any atom is -0.392 e. The number of piperazine rings is 1. The van der Waals surface area contributed by atoms with Crippen molar-refractivity contribution in [1.29, 1.82) is 0 Å². The first-order valence-corrected chi connectivity index (χ1v) is 7.61. The van der Waals surface area contributed by atoms with E-state index in [2.05, 4.69) is 18.7 Å². The molecule has 1 heterocycles. The lowest BCUT2D eigenvalue weighted by atomic mass is 9.85. The van der Waals surface area contributed by atoms with Gasteiger partial charge in [0.05, 0.1) is 10.4 Å². The zero-order chi connectivity index (χ0) is 14.6. The molecule has 5 heteroatoms. The van der Waals surface area contributed by atoms with Crippen molar-refractivity contribution in [3.05, 3.63) is 0 Å². The molecule has 0 aromatic rings. The highest BCUT2D eigenvalue weighted by molar-refractivity contribution is 7.80. The van der Waals surface area contributed by atoms with E-state index in [1.165, 1.54) is 0 Å². The van der Waals surface area contributed by atoms with Gasteiger partial charge in [0.15, 0.2) is 0 Å². The van der Waals surface area contributed by atoms with Crippen LogP contribution in [-0.2, 0) is 4.79 Å². The smallest absolute Gasteiger partial charge is 0.235 e. The van der Waals surface area contributed by atoms with Gasteiger partial charge in [-0.1, -0.05) is 26.1 Å². The van der Waals surface area contributed by atoms with Gasteiger partial charge in [-0.2, -0.15) is 0 Å². The summed E-state index contributed by atoms with van der Waals surface area (Å²) in [6, 6.07) is 0.588. The zero-order valence-corrected chi connectivity index (χ0v) is 13.4. The Morgan fingerprint density at radius 3 is 2.21 bits per heavy atom. The number of hydrogen-bond acceptors (Lipinski definition) is 3. The maximum absolute atomic E-state index is 12.6. The maximum atomic E-state index is 12.6. The molecule has 1 fully saturated rings. The Hall–Kier alpha value is -0.680. The topological polar surface area (TPSA) is 49.6 Å². The second-order valence-corrected chi connectivity index (χ2v) is 6.08. The largest absolute Gasteiger partial charge is 0.392 e. The van der Waals surface area contributed by atoms with Crippen molar-refractivity contribution >= 4 is 23.1 Å². The average molecular weight is 285 g/mol. The summed E-state index contributed by atoms with van der Waals surface area (Å²) < 4.78 is 0. The van der Waals surface area contributed by atoms with Gasteiger partial charge < -0.3 is 10.6 Å². The van der Waals surface area contributed by atoms with E-state index in [4.69, 9.17) is 18.0 Å². The molecule has 1 rings (SSSR count). The van der Waals surface area contributed by atoms with Gasteiger partial charge in [-0.25, -0.2) is 0 Å². The first-order valence-electron chi connectivity index (χ1n) is 7.20. The van der Waals surface area contributed by atoms with Gasteiger partial charge in [-0.05, 0) is 26.7 Å². The first kappa shape index (κ1) is 16.4. The molecule has 19 heavy (non-hydrogen) atoms. The highest BCUT2D eigenvalue weighted by atomic mass is 32.1. The number of carbonyl (C=O) groups excluding carboxylic acids is 1. The third-order valence-electron chi connectivity index (χ3n) is 4.54. The van der Waals surface area contributed by atoms with Crippen molar-refractivity contribution < 1.29 is 4.79 Å². The Morgan fingerprint density at radius 1 is 1.32 bits per heavy atom. The fourth-order valence-corrected chi connectivity index (χ4v) is 2.64. The van der Waals surface area contributed by atoms with E-state index >= 15 is 0 Å². The third-order valence-corrected chi connectivity index (χ3v) is 4.99. The number of amides is 1. The first-order chi connectivity index (χ1) is 8.86. The van der Waals surface area contributed by atoms with Gasteiger partial charge in [-0.15, -0.1) is 0 Å². The Morgan fingerprint density at radius 2 is 1.84 bits per heavy atom. The molecule has 1 aliphatic heterocycles. The summed E-state index contributed by atoms with van der Waals surface area (Å²) in [7, 11) is 0. The molecule has 0 aromatic carbocycles. The van der Waals surface area contributed by atoms with Crippen molar-refractivity contribution in [3.8, 4) is 0 Å². The zero-order valence-electron chi connectivity index (χ0n) is 12.6. The summed E-state index contributed by atoms with van der Waals surface area (Å²) in [6.45, 7) is 11.7. The minimum absolute atomic E-state index is 0.0892. The van der Waals surface area contributed by atoms with Gasteiger partial charge in [0.1, 0.15) is 0 Å². The molecule has 2 atom stereocenters. The van der Waals surface area contributed by atoms with Crippen LogP contribution >= 0.6 is 12.2 Å². The molecular weight excluding hydrogens is 258 g/mol. The predicted octanol–water partition coefficient (Wildman–Crippen LogP) is 1.63. The van der Waals surface area contributed by atoms with Gasteiger partial charge in [0.25, 0.3) is 0 Å². The molecule has 0 saturated carbocycles. The van der Waals surface area contributed by atoms with Crippen LogP contribution < -0.4 is 5.73 Å². The van der Waals surface area contributed by atoms with Crippen molar-refractivity contribution in [2.45, 2.75) is 46.6 Å². The van der Waals surface area contributed by atoms with Crippen molar-refractivity contribution in [1.82, 2.24) is 9.80 Å². The molecule has 2 N–H and O–H groups in total. The molecule has 0 aliphatic carbocycles. The van der Waals surface area contributed by atoms with Gasteiger partial charge in [-0.3, -0.25) is 9.69 Å². The van der Waals surface area contributed by atoms with Gasteiger partial charge in [0.2, 0.25) is 5.91 Å². The number of nitrogens with zero attached hydrogens (tertiary/aromatic N) is 2. The van der Waals surface area contributed by atoms with E-state index in [-0.39, 0.29) is 5.91 Å². The lowest BCUT2D eigenvalue weighted by Crippen LogP contribution is -2.56. The Labute approximate surface area is 122 Å². The number of thiocarbonyl (C=S) groups is 1. The van der Waals surface area contributed by atoms with E-state index in [9.17, 15) is 4.79 Å². The van der Waals surface area contributed by atoms with Gasteiger partial charge >= 0.3 is 0 Å². The summed E-state index contributed by atoms with van der Waals surface area (Å²) in [5.41, 5.74) is 5.07. The van der Waals surface area contributed by atoms with E-state index in [1.807, 2.05) is 18.7 Å². The van der Waals surface area contributed by atoms with E-state index in [0.717, 1.165) is 32.6 Å². The SMILES string of the molecule is CCC(C)N1CCN(C(=O)C(C)(CC)C(N)=S)CC1. The summed E-state index contributed by atoms with van der Waals surface area (Å²) >= 11 is 5.08. The number of carbonyl (C=O) groups is 1.